The molecule has 0 bridgehead atoms. The number of ether oxygens (including phenoxy) is 1. The highest BCUT2D eigenvalue weighted by molar-refractivity contribution is 5.81. The zero-order chi connectivity index (χ0) is 13.7. The molecule has 104 valence electrons. The smallest absolute Gasteiger partial charge is 0.263 e. The van der Waals surface area contributed by atoms with Gasteiger partial charge in [-0.15, -0.1) is 0 Å². The molecule has 0 unspecified atom stereocenters. The van der Waals surface area contributed by atoms with Crippen molar-refractivity contribution in [3.8, 4) is 5.75 Å². The number of amides is 1. The molecule has 3 nitrogen and oxygen atoms in total. The molecule has 0 aliphatic carbocycles. The van der Waals surface area contributed by atoms with Crippen molar-refractivity contribution in [2.75, 3.05) is 13.1 Å². The summed E-state index contributed by atoms with van der Waals surface area (Å²) in [5.41, 5.74) is 0. The number of likely N-dealkylation sites (tertiary alicyclic amines) is 1. The summed E-state index contributed by atoms with van der Waals surface area (Å²) >= 11 is 0. The Morgan fingerprint density at radius 2 is 1.89 bits per heavy atom. The molecule has 1 atom stereocenters. The van der Waals surface area contributed by atoms with Crippen molar-refractivity contribution in [2.24, 2.45) is 0 Å². The predicted octanol–water partition coefficient (Wildman–Crippen LogP) is 3.00. The summed E-state index contributed by atoms with van der Waals surface area (Å²) in [6, 6.07) is 5.80. The molecule has 0 N–H and O–H groups in total. The molecule has 4 heteroatoms. The van der Waals surface area contributed by atoms with Gasteiger partial charge in [0.1, 0.15) is 11.6 Å². The van der Waals surface area contributed by atoms with Gasteiger partial charge in [-0.1, -0.05) is 6.92 Å². The van der Waals surface area contributed by atoms with Crippen LogP contribution in [0.4, 0.5) is 4.39 Å². The van der Waals surface area contributed by atoms with E-state index in [1.807, 2.05) is 11.8 Å². The third kappa shape index (κ3) is 3.69. The summed E-state index contributed by atoms with van der Waals surface area (Å²) in [6.07, 6.45) is 3.48. The van der Waals surface area contributed by atoms with Crippen LogP contribution in [-0.4, -0.2) is 30.0 Å². The van der Waals surface area contributed by atoms with Gasteiger partial charge < -0.3 is 9.64 Å². The first-order chi connectivity index (χ1) is 9.20. The van der Waals surface area contributed by atoms with Crippen molar-refractivity contribution in [1.82, 2.24) is 4.90 Å². The zero-order valence-corrected chi connectivity index (χ0v) is 11.3. The second-order valence-electron chi connectivity index (χ2n) is 4.85. The Balaban J connectivity index is 1.98. The lowest BCUT2D eigenvalue weighted by Crippen LogP contribution is -2.44. The first-order valence-corrected chi connectivity index (χ1v) is 6.91. The molecule has 0 radical (unpaired) electrons. The number of nitrogens with zero attached hydrogens (tertiary/aromatic N) is 1. The van der Waals surface area contributed by atoms with Crippen molar-refractivity contribution in [3.05, 3.63) is 30.1 Å². The minimum Gasteiger partial charge on any atom is -0.481 e. The largest absolute Gasteiger partial charge is 0.481 e. The number of benzene rings is 1. The van der Waals surface area contributed by atoms with E-state index in [2.05, 4.69) is 0 Å². The normalized spacial score (nSPS) is 17.1. The van der Waals surface area contributed by atoms with Crippen LogP contribution < -0.4 is 4.74 Å². The summed E-state index contributed by atoms with van der Waals surface area (Å²) in [4.78, 5) is 14.2. The van der Waals surface area contributed by atoms with Crippen LogP contribution in [0.2, 0.25) is 0 Å². The molecule has 1 aliphatic heterocycles. The molecule has 0 saturated carbocycles. The van der Waals surface area contributed by atoms with Crippen LogP contribution in [-0.2, 0) is 4.79 Å². The van der Waals surface area contributed by atoms with Crippen molar-refractivity contribution in [1.29, 1.82) is 0 Å². The van der Waals surface area contributed by atoms with E-state index in [-0.39, 0.29) is 11.7 Å². The van der Waals surface area contributed by atoms with Crippen LogP contribution >= 0.6 is 0 Å². The van der Waals surface area contributed by atoms with Gasteiger partial charge >= 0.3 is 0 Å². The fourth-order valence-corrected chi connectivity index (χ4v) is 2.30. The van der Waals surface area contributed by atoms with E-state index >= 15 is 0 Å². The highest BCUT2D eigenvalue weighted by Crippen LogP contribution is 2.17. The Morgan fingerprint density at radius 1 is 1.26 bits per heavy atom. The number of halogens is 1. The maximum Gasteiger partial charge on any atom is 0.263 e. The van der Waals surface area contributed by atoms with Gasteiger partial charge in [0.05, 0.1) is 0 Å². The van der Waals surface area contributed by atoms with Gasteiger partial charge in [-0.05, 0) is 49.9 Å². The van der Waals surface area contributed by atoms with E-state index in [4.69, 9.17) is 4.74 Å². The molecule has 2 rings (SSSR count). The van der Waals surface area contributed by atoms with Gasteiger partial charge in [0, 0.05) is 13.1 Å². The zero-order valence-electron chi connectivity index (χ0n) is 11.3. The molecule has 1 amide bonds. The summed E-state index contributed by atoms with van der Waals surface area (Å²) in [5, 5.41) is 0. The summed E-state index contributed by atoms with van der Waals surface area (Å²) in [6.45, 7) is 3.57. The Labute approximate surface area is 113 Å². The monoisotopic (exact) mass is 265 g/mol. The van der Waals surface area contributed by atoms with Crippen LogP contribution in [0.5, 0.6) is 5.75 Å². The molecule has 1 aromatic rings. The van der Waals surface area contributed by atoms with Gasteiger partial charge in [-0.2, -0.15) is 0 Å². The van der Waals surface area contributed by atoms with Crippen LogP contribution in [0.15, 0.2) is 24.3 Å². The quantitative estimate of drug-likeness (QED) is 0.837. The van der Waals surface area contributed by atoms with Gasteiger partial charge in [0.2, 0.25) is 0 Å². The Morgan fingerprint density at radius 3 is 2.47 bits per heavy atom. The van der Waals surface area contributed by atoms with Crippen LogP contribution in [0.25, 0.3) is 0 Å². The van der Waals surface area contributed by atoms with E-state index in [9.17, 15) is 9.18 Å². The molecule has 0 aromatic heterocycles. The number of piperidine rings is 1. The maximum atomic E-state index is 12.8. The number of rotatable bonds is 4. The highest BCUT2D eigenvalue weighted by Gasteiger charge is 2.25. The molecular formula is C15H20FNO2. The van der Waals surface area contributed by atoms with E-state index < -0.39 is 6.10 Å². The standard InChI is InChI=1S/C15H20FNO2/c1-2-14(15(18)17-10-4-3-5-11-17)19-13-8-6-12(16)7-9-13/h6-9,14H,2-5,10-11H2,1H3/t14-/m0/s1. The van der Waals surface area contributed by atoms with Crippen LogP contribution in [0.1, 0.15) is 32.6 Å². The molecule has 0 spiro atoms. The summed E-state index contributed by atoms with van der Waals surface area (Å²) in [7, 11) is 0. The number of carbonyl (C=O) groups excluding carboxylic acids is 1. The third-order valence-corrected chi connectivity index (χ3v) is 3.41. The van der Waals surface area contributed by atoms with E-state index in [0.717, 1.165) is 25.9 Å². The SMILES string of the molecule is CC[C@H](Oc1ccc(F)cc1)C(=O)N1CCCCC1. The molecule has 1 aliphatic rings. The molecule has 1 fully saturated rings. The van der Waals surface area contributed by atoms with Gasteiger partial charge in [-0.3, -0.25) is 4.79 Å². The lowest BCUT2D eigenvalue weighted by molar-refractivity contribution is -0.139. The molecule has 1 aromatic carbocycles. The second-order valence-corrected chi connectivity index (χ2v) is 4.85. The number of hydrogen-bond acceptors (Lipinski definition) is 2. The van der Waals surface area contributed by atoms with Crippen molar-refractivity contribution in [3.63, 3.8) is 0 Å². The maximum absolute atomic E-state index is 12.8. The second kappa shape index (κ2) is 6.55. The first-order valence-electron chi connectivity index (χ1n) is 6.91. The van der Waals surface area contributed by atoms with E-state index in [0.29, 0.717) is 12.2 Å². The topological polar surface area (TPSA) is 29.5 Å². The minimum atomic E-state index is -0.469. The molecule has 1 saturated heterocycles. The van der Waals surface area contributed by atoms with Crippen molar-refractivity contribution < 1.29 is 13.9 Å². The fraction of sp³-hybridized carbons (Fsp3) is 0.533. The van der Waals surface area contributed by atoms with Crippen molar-refractivity contribution in [2.45, 2.75) is 38.7 Å². The molecule has 1 heterocycles. The average Bonchev–Trinajstić information content (AvgIpc) is 2.47. The van der Waals surface area contributed by atoms with Gasteiger partial charge in [0.15, 0.2) is 6.10 Å². The molecular weight excluding hydrogens is 245 g/mol. The highest BCUT2D eigenvalue weighted by atomic mass is 19.1. The fourth-order valence-electron chi connectivity index (χ4n) is 2.30. The average molecular weight is 265 g/mol. The Kier molecular flexibility index (Phi) is 4.77. The Bertz CT molecular complexity index is 413. The van der Waals surface area contributed by atoms with Crippen molar-refractivity contribution >= 4 is 5.91 Å². The molecule has 19 heavy (non-hydrogen) atoms. The van der Waals surface area contributed by atoms with E-state index in [1.54, 1.807) is 12.1 Å². The van der Waals surface area contributed by atoms with Crippen LogP contribution in [0, 0.1) is 5.82 Å². The van der Waals surface area contributed by atoms with Crippen LogP contribution in [0.3, 0.4) is 0 Å². The summed E-state index contributed by atoms with van der Waals surface area (Å²) < 4.78 is 18.5. The Hall–Kier alpha value is -1.58. The number of hydrogen-bond donors (Lipinski definition) is 0. The summed E-state index contributed by atoms with van der Waals surface area (Å²) in [5.74, 6) is 0.285. The third-order valence-electron chi connectivity index (χ3n) is 3.41. The lowest BCUT2D eigenvalue weighted by atomic mass is 10.1. The van der Waals surface area contributed by atoms with E-state index in [1.165, 1.54) is 18.6 Å². The van der Waals surface area contributed by atoms with Gasteiger partial charge in [0.25, 0.3) is 5.91 Å². The predicted molar refractivity (Wildman–Crippen MR) is 71.5 cm³/mol. The number of carbonyl (C=O) groups is 1. The minimum absolute atomic E-state index is 0.0477. The van der Waals surface area contributed by atoms with Gasteiger partial charge in [-0.25, -0.2) is 4.39 Å². The first kappa shape index (κ1) is 13.8. The lowest BCUT2D eigenvalue weighted by Gasteiger charge is -2.30.